The monoisotopic (exact) mass is 225 g/mol. The first-order valence-corrected chi connectivity index (χ1v) is 4.25. The molecule has 80 valence electrons. The van der Waals surface area contributed by atoms with Crippen molar-refractivity contribution in [3.8, 4) is 0 Å². The molecule has 0 spiro atoms. The van der Waals surface area contributed by atoms with E-state index in [-0.39, 0.29) is 18.4 Å². The lowest BCUT2D eigenvalue weighted by molar-refractivity contribution is 0.952. The Bertz CT molecular complexity index is 439. The molecule has 0 saturated carbocycles. The van der Waals surface area contributed by atoms with Crippen LogP contribution in [0.5, 0.6) is 0 Å². The van der Waals surface area contributed by atoms with Gasteiger partial charge in [-0.1, -0.05) is 12.1 Å². The molecule has 0 saturated heterocycles. The molecule has 2 aromatic rings. The number of imidazole rings is 1. The van der Waals surface area contributed by atoms with Gasteiger partial charge in [0.05, 0.1) is 11.0 Å². The number of rotatable bonds is 2. The minimum Gasteiger partial charge on any atom is -0.370 e. The smallest absolute Gasteiger partial charge is 0.186 e. The Morgan fingerprint density at radius 2 is 2.07 bits per heavy atom. The highest BCUT2D eigenvalue weighted by Crippen LogP contribution is 2.10. The van der Waals surface area contributed by atoms with Crippen molar-refractivity contribution >= 4 is 29.4 Å². The van der Waals surface area contributed by atoms with Gasteiger partial charge in [-0.25, -0.2) is 9.98 Å². The number of aromatic amines is 1. The summed E-state index contributed by atoms with van der Waals surface area (Å²) < 4.78 is 0. The number of benzene rings is 1. The number of nitrogens with one attached hydrogen (secondary N) is 1. The third kappa shape index (κ3) is 2.60. The molecule has 1 aromatic heterocycles. The summed E-state index contributed by atoms with van der Waals surface area (Å²) in [6.07, 6.45) is 0. The van der Waals surface area contributed by atoms with Gasteiger partial charge in [0.1, 0.15) is 12.4 Å². The van der Waals surface area contributed by atoms with Gasteiger partial charge in [-0.15, -0.1) is 12.4 Å². The molecule has 6 heteroatoms. The molecule has 0 fully saturated rings. The second-order valence-corrected chi connectivity index (χ2v) is 2.94. The van der Waals surface area contributed by atoms with E-state index in [4.69, 9.17) is 11.5 Å². The van der Waals surface area contributed by atoms with Gasteiger partial charge in [0.2, 0.25) is 0 Å². The standard InChI is InChI=1S/C9H11N5.ClH/c10-9(11)12-5-8-13-6-3-1-2-4-7(6)14-8;/h1-4H,5H2,(H,13,14)(H4,10,11,12);1H. The van der Waals surface area contributed by atoms with Crippen molar-refractivity contribution in [3.63, 3.8) is 0 Å². The quantitative estimate of drug-likeness (QED) is 0.520. The molecule has 5 N–H and O–H groups in total. The van der Waals surface area contributed by atoms with Crippen molar-refractivity contribution in [1.29, 1.82) is 0 Å². The molecule has 2 rings (SSSR count). The largest absolute Gasteiger partial charge is 0.370 e. The molecular formula is C9H12ClN5. The number of hydrogen-bond donors (Lipinski definition) is 3. The highest BCUT2D eigenvalue weighted by atomic mass is 35.5. The number of aliphatic imine (C=N–C) groups is 1. The van der Waals surface area contributed by atoms with E-state index in [1.807, 2.05) is 24.3 Å². The molecule has 1 heterocycles. The lowest BCUT2D eigenvalue weighted by Crippen LogP contribution is -2.22. The van der Waals surface area contributed by atoms with Crippen LogP contribution in [0.15, 0.2) is 29.3 Å². The number of halogens is 1. The maximum atomic E-state index is 5.22. The van der Waals surface area contributed by atoms with E-state index in [0.717, 1.165) is 16.9 Å². The number of nitrogens with two attached hydrogens (primary N) is 2. The number of aromatic nitrogens is 2. The van der Waals surface area contributed by atoms with Crippen molar-refractivity contribution in [2.24, 2.45) is 16.5 Å². The topological polar surface area (TPSA) is 93.1 Å². The Balaban J connectivity index is 0.00000112. The van der Waals surface area contributed by atoms with Gasteiger partial charge in [-0.05, 0) is 12.1 Å². The summed E-state index contributed by atoms with van der Waals surface area (Å²) in [5.41, 5.74) is 12.4. The summed E-state index contributed by atoms with van der Waals surface area (Å²) in [5, 5.41) is 0. The molecule has 0 unspecified atom stereocenters. The van der Waals surface area contributed by atoms with Gasteiger partial charge in [0.15, 0.2) is 5.96 Å². The van der Waals surface area contributed by atoms with E-state index in [9.17, 15) is 0 Å². The molecule has 5 nitrogen and oxygen atoms in total. The minimum atomic E-state index is 0. The van der Waals surface area contributed by atoms with Crippen LogP contribution in [-0.2, 0) is 6.54 Å². The van der Waals surface area contributed by atoms with Crippen LogP contribution in [0.4, 0.5) is 0 Å². The van der Waals surface area contributed by atoms with E-state index >= 15 is 0 Å². The van der Waals surface area contributed by atoms with Crippen molar-refractivity contribution in [2.75, 3.05) is 0 Å². The number of H-pyrrole nitrogens is 1. The normalized spacial score (nSPS) is 9.60. The predicted octanol–water partition coefficient (Wildman–Crippen LogP) is 0.758. The van der Waals surface area contributed by atoms with Crippen molar-refractivity contribution in [2.45, 2.75) is 6.54 Å². The number of hydrogen-bond acceptors (Lipinski definition) is 2. The SMILES string of the molecule is Cl.NC(N)=NCc1nc2ccccc2[nH]1. The summed E-state index contributed by atoms with van der Waals surface area (Å²) in [5.74, 6) is 0.838. The van der Waals surface area contributed by atoms with Crippen molar-refractivity contribution in [3.05, 3.63) is 30.1 Å². The molecule has 0 aliphatic carbocycles. The van der Waals surface area contributed by atoms with Crippen molar-refractivity contribution in [1.82, 2.24) is 9.97 Å². The Morgan fingerprint density at radius 3 is 2.73 bits per heavy atom. The third-order valence-electron chi connectivity index (χ3n) is 1.85. The zero-order valence-corrected chi connectivity index (χ0v) is 8.79. The average molecular weight is 226 g/mol. The van der Waals surface area contributed by atoms with Crippen molar-refractivity contribution < 1.29 is 0 Å². The highest BCUT2D eigenvalue weighted by molar-refractivity contribution is 5.85. The lowest BCUT2D eigenvalue weighted by atomic mass is 10.3. The molecule has 15 heavy (non-hydrogen) atoms. The molecule has 0 atom stereocenters. The second kappa shape index (κ2) is 4.65. The molecule has 0 aliphatic rings. The van der Waals surface area contributed by atoms with Crippen LogP contribution >= 0.6 is 12.4 Å². The van der Waals surface area contributed by atoms with E-state index < -0.39 is 0 Å². The van der Waals surface area contributed by atoms with Gasteiger partial charge < -0.3 is 16.5 Å². The Morgan fingerprint density at radius 1 is 1.33 bits per heavy atom. The fraction of sp³-hybridized carbons (Fsp3) is 0.111. The first kappa shape index (κ1) is 11.3. The number of fused-ring (bicyclic) bond motifs is 1. The molecule has 0 amide bonds. The minimum absolute atomic E-state index is 0. The summed E-state index contributed by atoms with van der Waals surface area (Å²) in [4.78, 5) is 11.3. The summed E-state index contributed by atoms with van der Waals surface area (Å²) in [7, 11) is 0. The fourth-order valence-corrected chi connectivity index (χ4v) is 1.25. The first-order chi connectivity index (χ1) is 6.75. The summed E-state index contributed by atoms with van der Waals surface area (Å²) >= 11 is 0. The Labute approximate surface area is 93.0 Å². The van der Waals surface area contributed by atoms with Crippen LogP contribution in [0.2, 0.25) is 0 Å². The van der Waals surface area contributed by atoms with Gasteiger partial charge in [-0.2, -0.15) is 0 Å². The molecule has 0 radical (unpaired) electrons. The maximum Gasteiger partial charge on any atom is 0.186 e. The zero-order valence-electron chi connectivity index (χ0n) is 7.97. The van der Waals surface area contributed by atoms with Gasteiger partial charge in [0, 0.05) is 0 Å². The third-order valence-corrected chi connectivity index (χ3v) is 1.85. The molecular weight excluding hydrogens is 214 g/mol. The van der Waals surface area contributed by atoms with Crippen LogP contribution < -0.4 is 11.5 Å². The van der Waals surface area contributed by atoms with E-state index in [0.29, 0.717) is 6.54 Å². The van der Waals surface area contributed by atoms with E-state index in [2.05, 4.69) is 15.0 Å². The molecule has 0 bridgehead atoms. The second-order valence-electron chi connectivity index (χ2n) is 2.94. The molecule has 0 aliphatic heterocycles. The Hall–Kier alpha value is -1.75. The first-order valence-electron chi connectivity index (χ1n) is 4.25. The van der Waals surface area contributed by atoms with Crippen LogP contribution in [0.3, 0.4) is 0 Å². The fourth-order valence-electron chi connectivity index (χ4n) is 1.25. The number of guanidine groups is 1. The van der Waals surface area contributed by atoms with Crippen LogP contribution in [0, 0.1) is 0 Å². The maximum absolute atomic E-state index is 5.22. The van der Waals surface area contributed by atoms with Crippen LogP contribution in [-0.4, -0.2) is 15.9 Å². The zero-order chi connectivity index (χ0) is 9.97. The van der Waals surface area contributed by atoms with E-state index in [1.165, 1.54) is 0 Å². The van der Waals surface area contributed by atoms with Gasteiger partial charge in [-0.3, -0.25) is 0 Å². The molecule has 1 aromatic carbocycles. The summed E-state index contributed by atoms with van der Waals surface area (Å²) in [6.45, 7) is 0.386. The van der Waals surface area contributed by atoms with Gasteiger partial charge in [0.25, 0.3) is 0 Å². The van der Waals surface area contributed by atoms with Gasteiger partial charge >= 0.3 is 0 Å². The summed E-state index contributed by atoms with van der Waals surface area (Å²) in [6, 6.07) is 7.78. The lowest BCUT2D eigenvalue weighted by Gasteiger charge is -1.89. The average Bonchev–Trinajstić information content (AvgIpc) is 2.57. The predicted molar refractivity (Wildman–Crippen MR) is 62.9 cm³/mol. The number of nitrogens with zero attached hydrogens (tertiary/aromatic N) is 2. The van der Waals surface area contributed by atoms with Crippen LogP contribution in [0.25, 0.3) is 11.0 Å². The van der Waals surface area contributed by atoms with E-state index in [1.54, 1.807) is 0 Å². The van der Waals surface area contributed by atoms with Crippen LogP contribution in [0.1, 0.15) is 5.82 Å². The number of para-hydroxylation sites is 2. The highest BCUT2D eigenvalue weighted by Gasteiger charge is 1.99. The Kier molecular flexibility index (Phi) is 3.51.